The summed E-state index contributed by atoms with van der Waals surface area (Å²) in [6, 6.07) is 17.8. The summed E-state index contributed by atoms with van der Waals surface area (Å²) in [4.78, 5) is 15.5. The summed E-state index contributed by atoms with van der Waals surface area (Å²) < 4.78 is 30.5. The molecular formula is C30H35ClFN3O4. The highest BCUT2D eigenvalue weighted by Gasteiger charge is 2.36. The van der Waals surface area contributed by atoms with Crippen LogP contribution in [0.2, 0.25) is 5.02 Å². The molecule has 0 unspecified atom stereocenters. The number of rotatable bonds is 12. The summed E-state index contributed by atoms with van der Waals surface area (Å²) in [5.74, 6) is 1.42. The molecule has 2 atom stereocenters. The number of likely N-dealkylation sites (tertiary alicyclic amines) is 1. The van der Waals surface area contributed by atoms with E-state index in [-0.39, 0.29) is 23.8 Å². The number of ether oxygens (including phenoxy) is 3. The fourth-order valence-electron chi connectivity index (χ4n) is 5.06. The number of benzene rings is 3. The predicted octanol–water partition coefficient (Wildman–Crippen LogP) is 4.60. The highest BCUT2D eigenvalue weighted by molar-refractivity contribution is 6.30. The fraction of sp³-hybridized carbons (Fsp3) is 0.367. The molecular weight excluding hydrogens is 521 g/mol. The van der Waals surface area contributed by atoms with E-state index in [0.717, 1.165) is 11.1 Å². The average Bonchev–Trinajstić information content (AvgIpc) is 3.34. The maximum Gasteiger partial charge on any atom is 0.237 e. The second-order valence-corrected chi connectivity index (χ2v) is 9.95. The zero-order chi connectivity index (χ0) is 27.8. The zero-order valence-electron chi connectivity index (χ0n) is 22.5. The van der Waals surface area contributed by atoms with E-state index < -0.39 is 0 Å². The van der Waals surface area contributed by atoms with E-state index in [9.17, 15) is 9.18 Å². The molecule has 0 saturated carbocycles. The number of amides is 1. The average molecular weight is 556 g/mol. The third-order valence-corrected chi connectivity index (χ3v) is 7.23. The summed E-state index contributed by atoms with van der Waals surface area (Å²) in [5.41, 5.74) is 2.55. The lowest BCUT2D eigenvalue weighted by Gasteiger charge is -2.23. The normalized spacial score (nSPS) is 17.2. The third-order valence-electron chi connectivity index (χ3n) is 7.00. The lowest BCUT2D eigenvalue weighted by Crippen LogP contribution is -2.43. The van der Waals surface area contributed by atoms with Crippen LogP contribution in [0.15, 0.2) is 60.7 Å². The van der Waals surface area contributed by atoms with E-state index in [0.29, 0.717) is 66.9 Å². The number of nitrogens with zero attached hydrogens (tertiary/aromatic N) is 1. The Bertz CT molecular complexity index is 1270. The van der Waals surface area contributed by atoms with E-state index in [1.54, 1.807) is 39.5 Å². The smallest absolute Gasteiger partial charge is 0.237 e. The molecule has 1 amide bonds. The van der Waals surface area contributed by atoms with E-state index in [1.807, 2.05) is 36.4 Å². The molecule has 4 rings (SSSR count). The topological polar surface area (TPSA) is 72.1 Å². The molecule has 0 spiro atoms. The minimum Gasteiger partial charge on any atom is -0.493 e. The number of hydrogen-bond acceptors (Lipinski definition) is 6. The van der Waals surface area contributed by atoms with Crippen LogP contribution in [0.4, 0.5) is 4.39 Å². The molecule has 1 fully saturated rings. The SMILES string of the molecule is COc1ccc(CN[C@H]2C[C@@H](C(=O)NCCc3ccccc3F)N(Cc3cccc(Cl)c3)C2)c(OC)c1OC. The van der Waals surface area contributed by atoms with Gasteiger partial charge < -0.3 is 24.8 Å². The van der Waals surface area contributed by atoms with Gasteiger partial charge in [0, 0.05) is 42.8 Å². The Kier molecular flexibility index (Phi) is 10.0. The molecule has 39 heavy (non-hydrogen) atoms. The van der Waals surface area contributed by atoms with Crippen LogP contribution in [0.1, 0.15) is 23.1 Å². The summed E-state index contributed by atoms with van der Waals surface area (Å²) in [7, 11) is 4.77. The lowest BCUT2D eigenvalue weighted by molar-refractivity contribution is -0.125. The summed E-state index contributed by atoms with van der Waals surface area (Å²) in [6.45, 7) is 2.15. The van der Waals surface area contributed by atoms with Gasteiger partial charge in [0.1, 0.15) is 5.82 Å². The minimum atomic E-state index is -0.339. The van der Waals surface area contributed by atoms with Gasteiger partial charge in [0.15, 0.2) is 11.5 Å². The number of carbonyl (C=O) groups excluding carboxylic acids is 1. The van der Waals surface area contributed by atoms with E-state index in [1.165, 1.54) is 6.07 Å². The molecule has 0 aromatic heterocycles. The van der Waals surface area contributed by atoms with Crippen molar-refractivity contribution in [1.82, 2.24) is 15.5 Å². The van der Waals surface area contributed by atoms with Crippen LogP contribution in [-0.4, -0.2) is 57.3 Å². The number of hydrogen-bond donors (Lipinski definition) is 2. The van der Waals surface area contributed by atoms with Crippen LogP contribution in [0.5, 0.6) is 17.2 Å². The Balaban J connectivity index is 1.44. The Morgan fingerprint density at radius 2 is 1.79 bits per heavy atom. The highest BCUT2D eigenvalue weighted by Crippen LogP contribution is 2.39. The molecule has 0 radical (unpaired) electrons. The van der Waals surface area contributed by atoms with Crippen LogP contribution in [0.25, 0.3) is 0 Å². The second-order valence-electron chi connectivity index (χ2n) is 9.51. The molecule has 3 aromatic rings. The zero-order valence-corrected chi connectivity index (χ0v) is 23.3. The molecule has 208 valence electrons. The summed E-state index contributed by atoms with van der Waals surface area (Å²) in [5, 5.41) is 7.27. The molecule has 9 heteroatoms. The Hall–Kier alpha value is -3.33. The van der Waals surface area contributed by atoms with Crippen molar-refractivity contribution in [3.63, 3.8) is 0 Å². The van der Waals surface area contributed by atoms with Gasteiger partial charge in [-0.1, -0.05) is 48.0 Å². The van der Waals surface area contributed by atoms with Crippen molar-refractivity contribution in [2.24, 2.45) is 0 Å². The van der Waals surface area contributed by atoms with Crippen molar-refractivity contribution in [2.75, 3.05) is 34.4 Å². The van der Waals surface area contributed by atoms with Gasteiger partial charge in [-0.05, 0) is 48.2 Å². The minimum absolute atomic E-state index is 0.0595. The van der Waals surface area contributed by atoms with Gasteiger partial charge >= 0.3 is 0 Å². The van der Waals surface area contributed by atoms with Gasteiger partial charge in [0.05, 0.1) is 27.4 Å². The first kappa shape index (κ1) is 28.7. The molecule has 0 bridgehead atoms. The maximum atomic E-state index is 14.0. The quantitative estimate of drug-likeness (QED) is 0.340. The van der Waals surface area contributed by atoms with E-state index >= 15 is 0 Å². The largest absolute Gasteiger partial charge is 0.493 e. The van der Waals surface area contributed by atoms with Crippen molar-refractivity contribution < 1.29 is 23.4 Å². The number of nitrogens with one attached hydrogen (secondary N) is 2. The van der Waals surface area contributed by atoms with Gasteiger partial charge in [-0.15, -0.1) is 0 Å². The van der Waals surface area contributed by atoms with Gasteiger partial charge in [0.2, 0.25) is 11.7 Å². The summed E-state index contributed by atoms with van der Waals surface area (Å²) >= 11 is 6.22. The highest BCUT2D eigenvalue weighted by atomic mass is 35.5. The Morgan fingerprint density at radius 3 is 2.51 bits per heavy atom. The molecule has 2 N–H and O–H groups in total. The molecule has 1 aliphatic heterocycles. The number of carbonyl (C=O) groups is 1. The molecule has 1 saturated heterocycles. The van der Waals surface area contributed by atoms with E-state index in [2.05, 4.69) is 15.5 Å². The first-order valence-electron chi connectivity index (χ1n) is 12.9. The molecule has 0 aliphatic carbocycles. The second kappa shape index (κ2) is 13.6. The van der Waals surface area contributed by atoms with Crippen LogP contribution >= 0.6 is 11.6 Å². The van der Waals surface area contributed by atoms with Crippen molar-refractivity contribution >= 4 is 17.5 Å². The molecule has 7 nitrogen and oxygen atoms in total. The third kappa shape index (κ3) is 7.20. The van der Waals surface area contributed by atoms with Crippen LogP contribution < -0.4 is 24.8 Å². The predicted molar refractivity (Wildman–Crippen MR) is 150 cm³/mol. The van der Waals surface area contributed by atoms with Gasteiger partial charge in [-0.2, -0.15) is 0 Å². The van der Waals surface area contributed by atoms with Crippen molar-refractivity contribution in [2.45, 2.75) is 38.0 Å². The summed E-state index contributed by atoms with van der Waals surface area (Å²) in [6.07, 6.45) is 1.06. The standard InChI is InChI=1S/C30H35ClFN3O4/c1-37-27-12-11-22(28(38-2)29(27)39-3)17-34-24-16-26(35(19-24)18-20-7-6-9-23(31)15-20)30(36)33-14-13-21-8-4-5-10-25(21)32/h4-12,15,24,26,34H,13-14,16-19H2,1-3H3,(H,33,36)/t24-,26-/m0/s1. The lowest BCUT2D eigenvalue weighted by atomic mass is 10.1. The Morgan fingerprint density at radius 1 is 1.00 bits per heavy atom. The molecule has 1 heterocycles. The van der Waals surface area contributed by atoms with Crippen molar-refractivity contribution in [3.05, 3.63) is 88.2 Å². The number of halogens is 2. The van der Waals surface area contributed by atoms with Crippen LogP contribution in [0.3, 0.4) is 0 Å². The molecule has 1 aliphatic rings. The molecule has 3 aromatic carbocycles. The maximum absolute atomic E-state index is 14.0. The van der Waals surface area contributed by atoms with Gasteiger partial charge in [0.25, 0.3) is 0 Å². The first-order valence-corrected chi connectivity index (χ1v) is 13.3. The van der Waals surface area contributed by atoms with Crippen LogP contribution in [0, 0.1) is 5.82 Å². The number of methoxy groups -OCH3 is 3. The van der Waals surface area contributed by atoms with Crippen LogP contribution in [-0.2, 0) is 24.3 Å². The van der Waals surface area contributed by atoms with Gasteiger partial charge in [-0.25, -0.2) is 4.39 Å². The van der Waals surface area contributed by atoms with Gasteiger partial charge in [-0.3, -0.25) is 9.69 Å². The Labute approximate surface area is 234 Å². The fourth-order valence-corrected chi connectivity index (χ4v) is 5.28. The van der Waals surface area contributed by atoms with Crippen molar-refractivity contribution in [1.29, 1.82) is 0 Å². The first-order chi connectivity index (χ1) is 18.9. The van der Waals surface area contributed by atoms with Crippen molar-refractivity contribution in [3.8, 4) is 17.2 Å². The van der Waals surface area contributed by atoms with E-state index in [4.69, 9.17) is 25.8 Å². The monoisotopic (exact) mass is 555 g/mol.